The summed E-state index contributed by atoms with van der Waals surface area (Å²) in [6, 6.07) is 2.41. The first-order valence-corrected chi connectivity index (χ1v) is 8.79. The lowest BCUT2D eigenvalue weighted by Crippen LogP contribution is -2.51. The number of thiophene rings is 1. The molecule has 3 heterocycles. The van der Waals surface area contributed by atoms with Crippen LogP contribution in [-0.4, -0.2) is 61.1 Å². The van der Waals surface area contributed by atoms with Crippen LogP contribution >= 0.6 is 11.3 Å². The molecular weight excluding hydrogens is 284 g/mol. The number of hydrogen-bond donors (Lipinski definition) is 0. The van der Waals surface area contributed by atoms with Gasteiger partial charge >= 0.3 is 0 Å². The molecule has 0 N–H and O–H groups in total. The molecule has 2 aliphatic rings. The van der Waals surface area contributed by atoms with Crippen LogP contribution in [0.4, 0.5) is 0 Å². The fourth-order valence-electron chi connectivity index (χ4n) is 3.26. The smallest absolute Gasteiger partial charge is 0.264 e. The van der Waals surface area contributed by atoms with Crippen molar-refractivity contribution in [1.29, 1.82) is 0 Å². The summed E-state index contributed by atoms with van der Waals surface area (Å²) in [5.41, 5.74) is 1.11. The van der Waals surface area contributed by atoms with E-state index in [0.29, 0.717) is 6.04 Å². The molecule has 2 fully saturated rings. The van der Waals surface area contributed by atoms with Crippen molar-refractivity contribution in [1.82, 2.24) is 9.80 Å². The minimum atomic E-state index is 0.237. The van der Waals surface area contributed by atoms with Gasteiger partial charge in [0.25, 0.3) is 5.91 Å². The van der Waals surface area contributed by atoms with Gasteiger partial charge in [-0.3, -0.25) is 9.69 Å². The summed E-state index contributed by atoms with van der Waals surface area (Å²) < 4.78 is 5.42. The number of amides is 1. The molecule has 0 unspecified atom stereocenters. The standard InChI is InChI=1S/C16H24N2O2S/c1-13-5-11-21-15(13)16(19)18-6-3-2-4-14(18)12-17-7-9-20-10-8-17/h5,11,14H,2-4,6-10,12H2,1H3/t14-/m1/s1. The largest absolute Gasteiger partial charge is 0.379 e. The Hall–Kier alpha value is -0.910. The average molecular weight is 308 g/mol. The number of nitrogens with zero attached hydrogens (tertiary/aromatic N) is 2. The first-order chi connectivity index (χ1) is 10.3. The number of hydrogen-bond acceptors (Lipinski definition) is 4. The quantitative estimate of drug-likeness (QED) is 0.859. The second kappa shape index (κ2) is 6.90. The predicted octanol–water partition coefficient (Wildman–Crippen LogP) is 2.38. The van der Waals surface area contributed by atoms with Gasteiger partial charge in [0.1, 0.15) is 0 Å². The topological polar surface area (TPSA) is 32.8 Å². The van der Waals surface area contributed by atoms with Crippen LogP contribution in [-0.2, 0) is 4.74 Å². The van der Waals surface area contributed by atoms with Crippen molar-refractivity contribution in [2.45, 2.75) is 32.2 Å². The van der Waals surface area contributed by atoms with Crippen molar-refractivity contribution in [3.05, 3.63) is 21.9 Å². The minimum Gasteiger partial charge on any atom is -0.379 e. The lowest BCUT2D eigenvalue weighted by molar-refractivity contribution is 0.0167. The van der Waals surface area contributed by atoms with Crippen molar-refractivity contribution in [2.75, 3.05) is 39.4 Å². The van der Waals surface area contributed by atoms with E-state index >= 15 is 0 Å². The molecule has 0 aromatic carbocycles. The zero-order valence-corrected chi connectivity index (χ0v) is 13.5. The molecular formula is C16H24N2O2S. The van der Waals surface area contributed by atoms with Crippen LogP contribution in [0.3, 0.4) is 0 Å². The van der Waals surface area contributed by atoms with Crippen LogP contribution in [0.5, 0.6) is 0 Å². The van der Waals surface area contributed by atoms with E-state index < -0.39 is 0 Å². The highest BCUT2D eigenvalue weighted by Crippen LogP contribution is 2.24. The summed E-state index contributed by atoms with van der Waals surface area (Å²) in [6.45, 7) is 7.58. The predicted molar refractivity (Wildman–Crippen MR) is 85.0 cm³/mol. The molecule has 1 aromatic rings. The van der Waals surface area contributed by atoms with Crippen molar-refractivity contribution in [3.63, 3.8) is 0 Å². The lowest BCUT2D eigenvalue weighted by Gasteiger charge is -2.39. The molecule has 3 rings (SSSR count). The zero-order valence-electron chi connectivity index (χ0n) is 12.7. The maximum absolute atomic E-state index is 12.8. The van der Waals surface area contributed by atoms with E-state index in [4.69, 9.17) is 4.74 Å². The van der Waals surface area contributed by atoms with Crippen LogP contribution in [0, 0.1) is 6.92 Å². The van der Waals surface area contributed by atoms with Gasteiger partial charge in [0.15, 0.2) is 0 Å². The fraction of sp³-hybridized carbons (Fsp3) is 0.688. The first-order valence-electron chi connectivity index (χ1n) is 7.91. The Kier molecular flexibility index (Phi) is 4.93. The van der Waals surface area contributed by atoms with E-state index in [-0.39, 0.29) is 5.91 Å². The Labute approximate surface area is 130 Å². The average Bonchev–Trinajstić information content (AvgIpc) is 2.94. The molecule has 1 atom stereocenters. The number of aryl methyl sites for hydroxylation is 1. The highest BCUT2D eigenvalue weighted by molar-refractivity contribution is 7.12. The summed E-state index contributed by atoms with van der Waals surface area (Å²) in [5, 5.41) is 2.02. The summed E-state index contributed by atoms with van der Waals surface area (Å²) in [4.78, 5) is 18.3. The molecule has 21 heavy (non-hydrogen) atoms. The molecule has 2 saturated heterocycles. The van der Waals surface area contributed by atoms with E-state index in [0.717, 1.165) is 62.7 Å². The fourth-order valence-corrected chi connectivity index (χ4v) is 4.14. The summed E-state index contributed by atoms with van der Waals surface area (Å²) >= 11 is 1.57. The van der Waals surface area contributed by atoms with Crippen molar-refractivity contribution >= 4 is 17.2 Å². The van der Waals surface area contributed by atoms with Gasteiger partial charge in [-0.05, 0) is 43.2 Å². The van der Waals surface area contributed by atoms with Crippen LogP contribution < -0.4 is 0 Å². The Balaban J connectivity index is 1.69. The molecule has 0 saturated carbocycles. The lowest BCUT2D eigenvalue weighted by atomic mass is 10.0. The number of likely N-dealkylation sites (tertiary alicyclic amines) is 1. The van der Waals surface area contributed by atoms with Gasteiger partial charge in [0.05, 0.1) is 18.1 Å². The summed E-state index contributed by atoms with van der Waals surface area (Å²) in [6.07, 6.45) is 3.51. The van der Waals surface area contributed by atoms with Crippen LogP contribution in [0.1, 0.15) is 34.5 Å². The molecule has 0 radical (unpaired) electrons. The summed E-state index contributed by atoms with van der Waals surface area (Å²) in [5.74, 6) is 0.237. The molecule has 5 heteroatoms. The maximum atomic E-state index is 12.8. The van der Waals surface area contributed by atoms with Gasteiger partial charge < -0.3 is 9.64 Å². The van der Waals surface area contributed by atoms with E-state index in [1.54, 1.807) is 11.3 Å². The van der Waals surface area contributed by atoms with E-state index in [1.807, 2.05) is 18.4 Å². The Bertz CT molecular complexity index is 482. The van der Waals surface area contributed by atoms with Gasteiger partial charge in [0.2, 0.25) is 0 Å². The highest BCUT2D eigenvalue weighted by Gasteiger charge is 2.30. The molecule has 4 nitrogen and oxygen atoms in total. The number of morpholine rings is 1. The number of piperidine rings is 1. The molecule has 0 bridgehead atoms. The molecule has 1 amide bonds. The second-order valence-corrected chi connectivity index (χ2v) is 6.91. The first kappa shape index (κ1) is 15.0. The molecule has 116 valence electrons. The molecule has 0 aliphatic carbocycles. The Morgan fingerprint density at radius 3 is 2.86 bits per heavy atom. The number of rotatable bonds is 3. The van der Waals surface area contributed by atoms with Crippen molar-refractivity contribution in [2.24, 2.45) is 0 Å². The maximum Gasteiger partial charge on any atom is 0.264 e. The van der Waals surface area contributed by atoms with Crippen LogP contribution in [0.15, 0.2) is 11.4 Å². The summed E-state index contributed by atoms with van der Waals surface area (Å²) in [7, 11) is 0. The van der Waals surface area contributed by atoms with Crippen molar-refractivity contribution in [3.8, 4) is 0 Å². The molecule has 2 aliphatic heterocycles. The van der Waals surface area contributed by atoms with Gasteiger partial charge in [-0.1, -0.05) is 0 Å². The third-order valence-electron chi connectivity index (χ3n) is 4.52. The number of carbonyl (C=O) groups is 1. The second-order valence-electron chi connectivity index (χ2n) is 5.99. The van der Waals surface area contributed by atoms with Crippen LogP contribution in [0.2, 0.25) is 0 Å². The highest BCUT2D eigenvalue weighted by atomic mass is 32.1. The third kappa shape index (κ3) is 3.47. The van der Waals surface area contributed by atoms with Gasteiger partial charge in [-0.15, -0.1) is 11.3 Å². The Morgan fingerprint density at radius 1 is 1.33 bits per heavy atom. The van der Waals surface area contributed by atoms with Gasteiger partial charge in [-0.25, -0.2) is 0 Å². The molecule has 0 spiro atoms. The normalized spacial score (nSPS) is 24.2. The van der Waals surface area contributed by atoms with Crippen molar-refractivity contribution < 1.29 is 9.53 Å². The minimum absolute atomic E-state index is 0.237. The van der Waals surface area contributed by atoms with Crippen LogP contribution in [0.25, 0.3) is 0 Å². The Morgan fingerprint density at radius 2 is 2.14 bits per heavy atom. The van der Waals surface area contributed by atoms with E-state index in [9.17, 15) is 4.79 Å². The number of carbonyl (C=O) groups excluding carboxylic acids is 1. The molecule has 1 aromatic heterocycles. The zero-order chi connectivity index (χ0) is 14.7. The van der Waals surface area contributed by atoms with E-state index in [2.05, 4.69) is 9.80 Å². The third-order valence-corrected chi connectivity index (χ3v) is 5.52. The van der Waals surface area contributed by atoms with Gasteiger partial charge in [0, 0.05) is 32.2 Å². The van der Waals surface area contributed by atoms with E-state index in [1.165, 1.54) is 6.42 Å². The SMILES string of the molecule is Cc1ccsc1C(=O)N1CCCC[C@@H]1CN1CCOCC1. The monoisotopic (exact) mass is 308 g/mol. The number of ether oxygens (including phenoxy) is 1. The van der Waals surface area contributed by atoms with Gasteiger partial charge in [-0.2, -0.15) is 0 Å².